The monoisotopic (exact) mass is 432 g/mol. The van der Waals surface area contributed by atoms with E-state index < -0.39 is 5.97 Å². The summed E-state index contributed by atoms with van der Waals surface area (Å²) < 4.78 is 5.20. The van der Waals surface area contributed by atoms with Crippen LogP contribution in [0.1, 0.15) is 23.1 Å². The summed E-state index contributed by atoms with van der Waals surface area (Å²) in [5.41, 5.74) is 8.88. The third kappa shape index (κ3) is 6.97. The molecule has 3 rings (SSSR count). The minimum absolute atomic E-state index is 0.111. The molecule has 3 aromatic rings. The van der Waals surface area contributed by atoms with Crippen LogP contribution in [-0.2, 0) is 22.8 Å². The molecule has 6 nitrogen and oxygen atoms in total. The fraction of sp³-hybridized carbons (Fsp3) is 0.192. The SMILES string of the molecule is C=C(NOCc1ccc(-c2ccc(OC)cc2)cc1)c1ccc(CNCCC(=O)O)cc1. The molecule has 0 atom stereocenters. The van der Waals surface area contributed by atoms with Crippen molar-refractivity contribution in [1.29, 1.82) is 0 Å². The van der Waals surface area contributed by atoms with Crippen molar-refractivity contribution in [3.8, 4) is 16.9 Å². The first kappa shape index (κ1) is 23.1. The quantitative estimate of drug-likeness (QED) is 0.286. The van der Waals surface area contributed by atoms with Crippen LogP contribution >= 0.6 is 0 Å². The smallest absolute Gasteiger partial charge is 0.304 e. The van der Waals surface area contributed by atoms with Gasteiger partial charge in [-0.15, -0.1) is 0 Å². The highest BCUT2D eigenvalue weighted by Gasteiger charge is 2.03. The molecule has 0 radical (unpaired) electrons. The molecule has 0 aliphatic heterocycles. The Hall–Kier alpha value is -3.61. The highest BCUT2D eigenvalue weighted by atomic mass is 16.6. The first-order valence-electron chi connectivity index (χ1n) is 10.4. The van der Waals surface area contributed by atoms with Gasteiger partial charge in [0, 0.05) is 13.1 Å². The van der Waals surface area contributed by atoms with Crippen molar-refractivity contribution in [2.45, 2.75) is 19.6 Å². The number of carboxylic acid groups (broad SMARTS) is 1. The molecule has 0 aromatic heterocycles. The van der Waals surface area contributed by atoms with E-state index in [0.717, 1.165) is 33.6 Å². The second-order valence-corrected chi connectivity index (χ2v) is 7.31. The van der Waals surface area contributed by atoms with E-state index in [-0.39, 0.29) is 6.42 Å². The van der Waals surface area contributed by atoms with E-state index in [2.05, 4.69) is 29.5 Å². The van der Waals surface area contributed by atoms with E-state index in [0.29, 0.717) is 25.4 Å². The fourth-order valence-electron chi connectivity index (χ4n) is 3.09. The van der Waals surface area contributed by atoms with Gasteiger partial charge in [0.1, 0.15) is 5.75 Å². The largest absolute Gasteiger partial charge is 0.497 e. The van der Waals surface area contributed by atoms with Crippen molar-refractivity contribution in [3.63, 3.8) is 0 Å². The molecule has 0 bridgehead atoms. The number of benzene rings is 3. The molecule has 166 valence electrons. The van der Waals surface area contributed by atoms with E-state index in [1.807, 2.05) is 60.7 Å². The van der Waals surface area contributed by atoms with Crippen LogP contribution in [0.25, 0.3) is 16.8 Å². The number of hydrogen-bond donors (Lipinski definition) is 3. The molecule has 0 fully saturated rings. The molecule has 0 amide bonds. The van der Waals surface area contributed by atoms with Gasteiger partial charge in [-0.3, -0.25) is 15.1 Å². The summed E-state index contributed by atoms with van der Waals surface area (Å²) in [5, 5.41) is 11.8. The number of methoxy groups -OCH3 is 1. The maximum Gasteiger partial charge on any atom is 0.304 e. The number of carbonyl (C=O) groups is 1. The van der Waals surface area contributed by atoms with E-state index in [9.17, 15) is 4.79 Å². The van der Waals surface area contributed by atoms with Gasteiger partial charge >= 0.3 is 5.97 Å². The van der Waals surface area contributed by atoms with Gasteiger partial charge in [-0.2, -0.15) is 0 Å². The Balaban J connectivity index is 1.43. The number of rotatable bonds is 12. The minimum atomic E-state index is -0.802. The molecule has 0 spiro atoms. The molecule has 0 aliphatic rings. The molecule has 32 heavy (non-hydrogen) atoms. The average molecular weight is 433 g/mol. The summed E-state index contributed by atoms with van der Waals surface area (Å²) in [6, 6.07) is 24.0. The van der Waals surface area contributed by atoms with Gasteiger partial charge in [0.25, 0.3) is 0 Å². The topological polar surface area (TPSA) is 79.8 Å². The van der Waals surface area contributed by atoms with Crippen molar-refractivity contribution in [2.24, 2.45) is 0 Å². The number of ether oxygens (including phenoxy) is 1. The van der Waals surface area contributed by atoms with Crippen LogP contribution in [-0.4, -0.2) is 24.7 Å². The normalized spacial score (nSPS) is 10.5. The molecule has 3 N–H and O–H groups in total. The Kier molecular flexibility index (Phi) is 8.43. The van der Waals surface area contributed by atoms with Gasteiger partial charge in [-0.1, -0.05) is 67.2 Å². The molecule has 0 saturated carbocycles. The standard InChI is InChI=1S/C26H28N2O4/c1-19(22-7-3-20(4-8-22)17-27-16-15-26(29)30)28-32-18-21-5-9-23(10-6-21)24-11-13-25(31-2)14-12-24/h3-14,27-28H,1,15-18H2,2H3,(H,29,30). The van der Waals surface area contributed by atoms with Crippen LogP contribution < -0.4 is 15.5 Å². The number of aliphatic carboxylic acids is 1. The molecular formula is C26H28N2O4. The van der Waals surface area contributed by atoms with Gasteiger partial charge in [-0.25, -0.2) is 0 Å². The number of carboxylic acids is 1. The van der Waals surface area contributed by atoms with Crippen LogP contribution in [0.15, 0.2) is 79.4 Å². The third-order valence-electron chi connectivity index (χ3n) is 4.96. The molecule has 0 saturated heterocycles. The second kappa shape index (κ2) is 11.7. The van der Waals surface area contributed by atoms with Gasteiger partial charge in [0.15, 0.2) is 0 Å². The van der Waals surface area contributed by atoms with Crippen molar-refractivity contribution in [3.05, 3.63) is 96.1 Å². The molecule has 0 unspecified atom stereocenters. The molecular weight excluding hydrogens is 404 g/mol. The van der Waals surface area contributed by atoms with Gasteiger partial charge in [-0.05, 0) is 39.9 Å². The lowest BCUT2D eigenvalue weighted by Crippen LogP contribution is -2.17. The Labute approximate surface area is 188 Å². The van der Waals surface area contributed by atoms with Crippen molar-refractivity contribution in [2.75, 3.05) is 13.7 Å². The molecule has 6 heteroatoms. The second-order valence-electron chi connectivity index (χ2n) is 7.31. The van der Waals surface area contributed by atoms with E-state index >= 15 is 0 Å². The molecule has 0 heterocycles. The zero-order valence-corrected chi connectivity index (χ0v) is 18.1. The van der Waals surface area contributed by atoms with Crippen LogP contribution in [0.3, 0.4) is 0 Å². The van der Waals surface area contributed by atoms with Crippen molar-refractivity contribution >= 4 is 11.7 Å². The van der Waals surface area contributed by atoms with Crippen LogP contribution in [0.4, 0.5) is 0 Å². The van der Waals surface area contributed by atoms with Gasteiger partial charge in [0.05, 0.1) is 25.8 Å². The summed E-state index contributed by atoms with van der Waals surface area (Å²) in [6.07, 6.45) is 0.111. The molecule has 0 aliphatic carbocycles. The number of hydroxylamine groups is 1. The highest BCUT2D eigenvalue weighted by molar-refractivity contribution is 5.67. The maximum absolute atomic E-state index is 10.5. The summed E-state index contributed by atoms with van der Waals surface area (Å²) >= 11 is 0. The fourth-order valence-corrected chi connectivity index (χ4v) is 3.09. The Morgan fingerprint density at radius 1 is 0.906 bits per heavy atom. The van der Waals surface area contributed by atoms with E-state index in [1.165, 1.54) is 0 Å². The lowest BCUT2D eigenvalue weighted by Gasteiger charge is -2.11. The predicted octanol–water partition coefficient (Wildman–Crippen LogP) is 4.62. The zero-order chi connectivity index (χ0) is 22.8. The van der Waals surface area contributed by atoms with Gasteiger partial charge < -0.3 is 15.2 Å². The number of hydrogen-bond acceptors (Lipinski definition) is 5. The number of nitrogens with one attached hydrogen (secondary N) is 2. The van der Waals surface area contributed by atoms with Crippen LogP contribution in [0.2, 0.25) is 0 Å². The Morgan fingerprint density at radius 3 is 2.09 bits per heavy atom. The maximum atomic E-state index is 10.5. The Bertz CT molecular complexity index is 1010. The van der Waals surface area contributed by atoms with E-state index in [1.54, 1.807) is 7.11 Å². The van der Waals surface area contributed by atoms with Crippen molar-refractivity contribution in [1.82, 2.24) is 10.8 Å². The van der Waals surface area contributed by atoms with Gasteiger partial charge in [0.2, 0.25) is 0 Å². The first-order valence-corrected chi connectivity index (χ1v) is 10.4. The zero-order valence-electron chi connectivity index (χ0n) is 18.1. The molecule has 3 aromatic carbocycles. The van der Waals surface area contributed by atoms with Crippen LogP contribution in [0.5, 0.6) is 5.75 Å². The van der Waals surface area contributed by atoms with E-state index in [4.69, 9.17) is 14.7 Å². The lowest BCUT2D eigenvalue weighted by molar-refractivity contribution is -0.136. The lowest BCUT2D eigenvalue weighted by atomic mass is 10.0. The summed E-state index contributed by atoms with van der Waals surface area (Å²) in [5.74, 6) is 0.0375. The summed E-state index contributed by atoms with van der Waals surface area (Å²) in [4.78, 5) is 16.1. The predicted molar refractivity (Wildman–Crippen MR) is 126 cm³/mol. The first-order chi connectivity index (χ1) is 15.5. The van der Waals surface area contributed by atoms with Crippen LogP contribution in [0, 0.1) is 0 Å². The Morgan fingerprint density at radius 2 is 1.50 bits per heavy atom. The average Bonchev–Trinajstić information content (AvgIpc) is 2.82. The highest BCUT2D eigenvalue weighted by Crippen LogP contribution is 2.23. The van der Waals surface area contributed by atoms with Crippen molar-refractivity contribution < 1.29 is 19.5 Å². The summed E-state index contributed by atoms with van der Waals surface area (Å²) in [6.45, 7) is 5.50. The minimum Gasteiger partial charge on any atom is -0.497 e. The summed E-state index contributed by atoms with van der Waals surface area (Å²) in [7, 11) is 1.66. The third-order valence-corrected chi connectivity index (χ3v) is 4.96.